The van der Waals surface area contributed by atoms with Crippen molar-refractivity contribution in [3.05, 3.63) is 76.6 Å². The number of anilines is 1. The van der Waals surface area contributed by atoms with Crippen molar-refractivity contribution in [1.82, 2.24) is 10.0 Å². The minimum atomic E-state index is -0.672. The smallest absolute Gasteiger partial charge is 0.494 e. The Morgan fingerprint density at radius 1 is 1.02 bits per heavy atom. The number of rotatable bonds is 10. The number of hydroxylamine groups is 2. The minimum Gasteiger partial charge on any atom is -0.494 e. The van der Waals surface area contributed by atoms with Gasteiger partial charge in [0.1, 0.15) is 22.8 Å². The van der Waals surface area contributed by atoms with Gasteiger partial charge in [-0.2, -0.15) is 11.8 Å². The van der Waals surface area contributed by atoms with Gasteiger partial charge in [-0.15, -0.1) is 5.06 Å². The predicted octanol–water partition coefficient (Wildman–Crippen LogP) is 8.72. The number of aromatic nitrogens is 1. The van der Waals surface area contributed by atoms with Crippen molar-refractivity contribution in [3.8, 4) is 17.2 Å². The lowest BCUT2D eigenvalue weighted by Gasteiger charge is -2.30. The lowest BCUT2D eigenvalue weighted by Crippen LogP contribution is -2.38. The van der Waals surface area contributed by atoms with Crippen molar-refractivity contribution in [3.63, 3.8) is 0 Å². The van der Waals surface area contributed by atoms with Gasteiger partial charge >= 0.3 is 6.16 Å². The molecule has 1 saturated heterocycles. The Morgan fingerprint density at radius 2 is 1.74 bits per heavy atom. The quantitative estimate of drug-likeness (QED) is 0.214. The number of piperidine rings is 1. The van der Waals surface area contributed by atoms with E-state index in [-0.39, 0.29) is 11.3 Å². The Balaban J connectivity index is 1.42. The molecule has 0 aliphatic carbocycles. The molecule has 254 valence electrons. The highest BCUT2D eigenvalue weighted by molar-refractivity contribution is 7.97. The van der Waals surface area contributed by atoms with Crippen LogP contribution < -0.4 is 14.8 Å². The maximum Gasteiger partial charge on any atom is 0.528 e. The maximum absolute atomic E-state index is 13.6. The number of nitrogens with one attached hydrogen (secondary N) is 1. The zero-order valence-electron chi connectivity index (χ0n) is 29.2. The van der Waals surface area contributed by atoms with E-state index in [9.17, 15) is 9.59 Å². The third-order valence-electron chi connectivity index (χ3n) is 7.91. The van der Waals surface area contributed by atoms with Crippen LogP contribution in [0.4, 0.5) is 10.5 Å². The van der Waals surface area contributed by atoms with E-state index in [1.807, 2.05) is 52.0 Å². The number of thioether (sulfide) groups is 1. The predicted molar refractivity (Wildman–Crippen MR) is 188 cm³/mol. The first-order valence-electron chi connectivity index (χ1n) is 16.1. The van der Waals surface area contributed by atoms with E-state index >= 15 is 0 Å². The van der Waals surface area contributed by atoms with E-state index in [0.717, 1.165) is 47.4 Å². The number of ether oxygens (including phenoxy) is 3. The van der Waals surface area contributed by atoms with Crippen LogP contribution >= 0.6 is 11.8 Å². The molecule has 0 spiro atoms. The second kappa shape index (κ2) is 15.4. The lowest BCUT2D eigenvalue weighted by atomic mass is 9.85. The van der Waals surface area contributed by atoms with E-state index in [4.69, 9.17) is 19.0 Å². The number of carbonyl (C=O) groups excluding carboxylic acids is 2. The molecular formula is C37H49N3O6S. The standard InChI is InChI=1S/C37H49N3O6S/c1-24-10-11-26(34(41)39-31-21-28(36(2,3)4)19-27(23-47-9)33(31)43-8)20-32(24)44-30-12-15-38-29(22-30)18-25-13-16-40(17-14-25)46-35(42)45-37(5,6)7/h10-12,15,19-22,25H,13-14,16-18,23H2,1-9H3,(H,39,41). The van der Waals surface area contributed by atoms with E-state index in [0.29, 0.717) is 47.5 Å². The van der Waals surface area contributed by atoms with Gasteiger partial charge < -0.3 is 24.4 Å². The summed E-state index contributed by atoms with van der Waals surface area (Å²) < 4.78 is 17.3. The maximum atomic E-state index is 13.6. The summed E-state index contributed by atoms with van der Waals surface area (Å²) in [6.45, 7) is 15.1. The third kappa shape index (κ3) is 10.4. The van der Waals surface area contributed by atoms with Crippen LogP contribution in [0.1, 0.15) is 87.1 Å². The summed E-state index contributed by atoms with van der Waals surface area (Å²) in [6, 6.07) is 13.4. The van der Waals surface area contributed by atoms with Crippen molar-refractivity contribution in [2.24, 2.45) is 5.92 Å². The molecule has 2 aromatic carbocycles. The number of pyridine rings is 1. The second-order valence-electron chi connectivity index (χ2n) is 14.1. The van der Waals surface area contributed by atoms with Crippen molar-refractivity contribution >= 4 is 29.5 Å². The monoisotopic (exact) mass is 663 g/mol. The molecule has 1 fully saturated rings. The molecule has 0 radical (unpaired) electrons. The van der Waals surface area contributed by atoms with E-state index in [1.54, 1.807) is 42.3 Å². The Bertz CT molecular complexity index is 1550. The third-order valence-corrected chi connectivity index (χ3v) is 8.51. The summed E-state index contributed by atoms with van der Waals surface area (Å²) in [7, 11) is 1.64. The highest BCUT2D eigenvalue weighted by Crippen LogP contribution is 2.37. The molecule has 4 rings (SSSR count). The molecule has 9 nitrogen and oxygen atoms in total. The first-order valence-corrected chi connectivity index (χ1v) is 17.5. The zero-order valence-corrected chi connectivity index (χ0v) is 30.0. The van der Waals surface area contributed by atoms with Gasteiger partial charge in [-0.1, -0.05) is 32.9 Å². The van der Waals surface area contributed by atoms with E-state index in [2.05, 4.69) is 43.4 Å². The van der Waals surface area contributed by atoms with Crippen LogP contribution in [-0.4, -0.2) is 54.2 Å². The molecule has 0 saturated carbocycles. The molecule has 1 aliphatic rings. The Hall–Kier alpha value is -3.76. The number of amides is 1. The van der Waals surface area contributed by atoms with Crippen LogP contribution in [0.25, 0.3) is 0 Å². The van der Waals surface area contributed by atoms with Gasteiger partial charge in [0.25, 0.3) is 5.91 Å². The largest absolute Gasteiger partial charge is 0.528 e. The fraction of sp³-hybridized carbons (Fsp3) is 0.486. The van der Waals surface area contributed by atoms with Crippen LogP contribution in [0.2, 0.25) is 0 Å². The number of hydrogen-bond donors (Lipinski definition) is 1. The van der Waals surface area contributed by atoms with Gasteiger partial charge in [-0.3, -0.25) is 9.78 Å². The fourth-order valence-corrected chi connectivity index (χ4v) is 5.92. The van der Waals surface area contributed by atoms with Crippen LogP contribution in [0.15, 0.2) is 48.7 Å². The van der Waals surface area contributed by atoms with E-state index in [1.165, 1.54) is 0 Å². The molecule has 1 aromatic heterocycles. The normalized spacial score (nSPS) is 14.4. The van der Waals surface area contributed by atoms with Crippen molar-refractivity contribution in [2.75, 3.05) is 31.8 Å². The summed E-state index contributed by atoms with van der Waals surface area (Å²) in [5.41, 5.74) is 4.45. The highest BCUT2D eigenvalue weighted by Gasteiger charge is 2.26. The average molecular weight is 664 g/mol. The second-order valence-corrected chi connectivity index (χ2v) is 14.9. The zero-order chi connectivity index (χ0) is 34.4. The summed E-state index contributed by atoms with van der Waals surface area (Å²) in [6.07, 6.45) is 5.65. The first-order chi connectivity index (χ1) is 22.1. The van der Waals surface area contributed by atoms with Gasteiger partial charge in [0.05, 0.1) is 12.8 Å². The van der Waals surface area contributed by atoms with E-state index < -0.39 is 11.8 Å². The van der Waals surface area contributed by atoms with Gasteiger partial charge in [0.15, 0.2) is 0 Å². The van der Waals surface area contributed by atoms with Crippen molar-refractivity contribution < 1.29 is 28.6 Å². The van der Waals surface area contributed by atoms with Gasteiger partial charge in [0, 0.05) is 47.9 Å². The molecular weight excluding hydrogens is 614 g/mol. The molecule has 47 heavy (non-hydrogen) atoms. The van der Waals surface area contributed by atoms with Gasteiger partial charge in [0.2, 0.25) is 0 Å². The van der Waals surface area contributed by atoms with Crippen LogP contribution in [-0.2, 0) is 27.2 Å². The molecule has 3 aromatic rings. The topological polar surface area (TPSA) is 99.2 Å². The van der Waals surface area contributed by atoms with Crippen molar-refractivity contribution in [2.45, 2.75) is 84.5 Å². The first kappa shape index (κ1) is 36.1. The molecule has 0 unspecified atom stereocenters. The molecule has 10 heteroatoms. The molecule has 1 amide bonds. The number of carbonyl (C=O) groups is 2. The van der Waals surface area contributed by atoms with Gasteiger partial charge in [-0.25, -0.2) is 4.79 Å². The van der Waals surface area contributed by atoms with Crippen LogP contribution in [0, 0.1) is 12.8 Å². The molecule has 2 heterocycles. The summed E-state index contributed by atoms with van der Waals surface area (Å²) in [4.78, 5) is 35.5. The number of aryl methyl sites for hydroxylation is 1. The molecule has 0 bridgehead atoms. The van der Waals surface area contributed by atoms with Crippen molar-refractivity contribution in [1.29, 1.82) is 0 Å². The summed E-state index contributed by atoms with van der Waals surface area (Å²) in [5.74, 6) is 2.86. The number of nitrogens with zero attached hydrogens (tertiary/aromatic N) is 2. The molecule has 1 N–H and O–H groups in total. The Morgan fingerprint density at radius 3 is 2.38 bits per heavy atom. The average Bonchev–Trinajstić information content (AvgIpc) is 2.98. The number of benzene rings is 2. The summed E-state index contributed by atoms with van der Waals surface area (Å²) in [5, 5.41) is 4.77. The molecule has 1 aliphatic heterocycles. The van der Waals surface area contributed by atoms with Crippen LogP contribution in [0.3, 0.4) is 0 Å². The minimum absolute atomic E-state index is 0.0965. The number of methoxy groups -OCH3 is 1. The Labute approximate surface area is 283 Å². The lowest BCUT2D eigenvalue weighted by molar-refractivity contribution is -0.155. The fourth-order valence-electron chi connectivity index (χ4n) is 5.40. The molecule has 0 atom stereocenters. The van der Waals surface area contributed by atoms with Gasteiger partial charge in [-0.05, 0) is 99.9 Å². The number of hydrogen-bond acceptors (Lipinski definition) is 9. The SMILES string of the molecule is COc1c(CSC)cc(C(C)(C)C)cc1NC(=O)c1ccc(C)c(Oc2ccnc(CC3CCN(OC(=O)OC(C)(C)C)CC3)c2)c1. The highest BCUT2D eigenvalue weighted by atomic mass is 32.2. The Kier molecular flexibility index (Phi) is 11.8. The summed E-state index contributed by atoms with van der Waals surface area (Å²) >= 11 is 1.71. The van der Waals surface area contributed by atoms with Crippen LogP contribution in [0.5, 0.6) is 17.2 Å².